The second kappa shape index (κ2) is 6.90. The molecule has 0 heterocycles. The molecule has 1 fully saturated rings. The van der Waals surface area contributed by atoms with Crippen molar-refractivity contribution in [2.24, 2.45) is 0 Å². The maximum Gasteiger partial charge on any atom is 0.516 e. The van der Waals surface area contributed by atoms with E-state index >= 15 is 0 Å². The van der Waals surface area contributed by atoms with Gasteiger partial charge in [-0.3, -0.25) is 4.79 Å². The fraction of sp³-hybridized carbons (Fsp3) is 0.900. The van der Waals surface area contributed by atoms with E-state index in [1.165, 1.54) is 4.72 Å². The summed E-state index contributed by atoms with van der Waals surface area (Å²) < 4.78 is 122. The van der Waals surface area contributed by atoms with Gasteiger partial charge in [-0.1, -0.05) is 12.8 Å². The maximum atomic E-state index is 12.8. The monoisotopic (exact) mass is 420 g/mol. The Morgan fingerprint density at radius 1 is 0.960 bits per heavy atom. The molecule has 1 N–H and O–H groups in total. The van der Waals surface area contributed by atoms with Crippen LogP contribution in [0.4, 0.5) is 26.3 Å². The Hall–Kier alpha value is -1.09. The first kappa shape index (κ1) is 22.0. The molecule has 0 radical (unpaired) electrons. The van der Waals surface area contributed by atoms with Crippen LogP contribution in [0.2, 0.25) is 0 Å². The van der Waals surface area contributed by atoms with Crippen molar-refractivity contribution in [3.05, 3.63) is 0 Å². The van der Waals surface area contributed by atoms with Crippen LogP contribution in [0.1, 0.15) is 32.6 Å². The number of carbonyl (C=O) groups is 1. The SMILES string of the molecule is CC(=O)N([C@H]1CCCC[C@@H]1NS(=O)(=O)C(F)(F)F)S(=O)(=O)C(F)(F)F. The molecule has 1 saturated carbocycles. The van der Waals surface area contributed by atoms with Crippen molar-refractivity contribution in [1.29, 1.82) is 0 Å². The molecule has 15 heteroatoms. The molecule has 0 aliphatic heterocycles. The van der Waals surface area contributed by atoms with Gasteiger partial charge in [0.05, 0.1) is 6.04 Å². The number of sulfonamides is 2. The van der Waals surface area contributed by atoms with Gasteiger partial charge in [-0.25, -0.2) is 17.4 Å². The van der Waals surface area contributed by atoms with Gasteiger partial charge in [0, 0.05) is 13.0 Å². The van der Waals surface area contributed by atoms with Gasteiger partial charge in [0.25, 0.3) is 0 Å². The Morgan fingerprint density at radius 2 is 1.44 bits per heavy atom. The van der Waals surface area contributed by atoms with Gasteiger partial charge < -0.3 is 0 Å². The lowest BCUT2D eigenvalue weighted by molar-refractivity contribution is -0.128. The lowest BCUT2D eigenvalue weighted by atomic mass is 9.91. The van der Waals surface area contributed by atoms with E-state index in [9.17, 15) is 48.0 Å². The number of halogens is 6. The second-order valence-corrected chi connectivity index (χ2v) is 8.80. The van der Waals surface area contributed by atoms with Crippen molar-refractivity contribution in [2.75, 3.05) is 0 Å². The molecule has 0 spiro atoms. The molecular formula is C10H14F6N2O5S2. The van der Waals surface area contributed by atoms with Crippen molar-refractivity contribution in [1.82, 2.24) is 9.03 Å². The van der Waals surface area contributed by atoms with Crippen LogP contribution >= 0.6 is 0 Å². The first-order valence-corrected chi connectivity index (χ1v) is 9.64. The van der Waals surface area contributed by atoms with E-state index in [2.05, 4.69) is 0 Å². The smallest absolute Gasteiger partial charge is 0.274 e. The molecule has 7 nitrogen and oxygen atoms in total. The van der Waals surface area contributed by atoms with Gasteiger partial charge in [-0.15, -0.1) is 0 Å². The van der Waals surface area contributed by atoms with Crippen LogP contribution < -0.4 is 4.72 Å². The number of amides is 1. The normalized spacial score (nSPS) is 23.3. The molecule has 1 aliphatic carbocycles. The number of hydrogen-bond acceptors (Lipinski definition) is 5. The first-order valence-electron chi connectivity index (χ1n) is 6.72. The molecule has 1 rings (SSSR count). The summed E-state index contributed by atoms with van der Waals surface area (Å²) in [4.78, 5) is 11.5. The summed E-state index contributed by atoms with van der Waals surface area (Å²) in [6, 6.07) is -3.75. The molecule has 0 bridgehead atoms. The van der Waals surface area contributed by atoms with Crippen molar-refractivity contribution in [3.63, 3.8) is 0 Å². The number of nitrogens with one attached hydrogen (secondary N) is 1. The summed E-state index contributed by atoms with van der Waals surface area (Å²) in [6.07, 6.45) is -0.539. The van der Waals surface area contributed by atoms with Crippen molar-refractivity contribution in [3.8, 4) is 0 Å². The van der Waals surface area contributed by atoms with Crippen LogP contribution in [0.25, 0.3) is 0 Å². The predicted octanol–water partition coefficient (Wildman–Crippen LogP) is 1.43. The number of rotatable bonds is 4. The minimum atomic E-state index is -6.19. The quantitative estimate of drug-likeness (QED) is 0.694. The van der Waals surface area contributed by atoms with Crippen LogP contribution in [-0.4, -0.2) is 50.1 Å². The second-order valence-electron chi connectivity index (χ2n) is 5.29. The van der Waals surface area contributed by atoms with Crippen molar-refractivity contribution >= 4 is 26.0 Å². The summed E-state index contributed by atoms with van der Waals surface area (Å²) in [7, 11) is -12.1. The summed E-state index contributed by atoms with van der Waals surface area (Å²) in [5, 5.41) is 0. The molecule has 2 atom stereocenters. The third-order valence-corrected chi connectivity index (χ3v) is 6.36. The molecular weight excluding hydrogens is 406 g/mol. The highest BCUT2D eigenvalue weighted by atomic mass is 32.2. The zero-order valence-corrected chi connectivity index (χ0v) is 14.2. The molecule has 1 aliphatic rings. The molecule has 148 valence electrons. The van der Waals surface area contributed by atoms with Crippen LogP contribution in [0.3, 0.4) is 0 Å². The van der Waals surface area contributed by atoms with E-state index in [1.807, 2.05) is 0 Å². The zero-order chi connectivity index (χ0) is 19.8. The molecule has 0 aromatic rings. The maximum absolute atomic E-state index is 12.8. The molecule has 0 aromatic carbocycles. The number of nitrogens with zero attached hydrogens (tertiary/aromatic N) is 1. The van der Waals surface area contributed by atoms with Gasteiger partial charge in [0.2, 0.25) is 5.91 Å². The Kier molecular flexibility index (Phi) is 6.06. The summed E-state index contributed by atoms with van der Waals surface area (Å²) >= 11 is 0. The molecule has 0 aromatic heterocycles. The fourth-order valence-electron chi connectivity index (χ4n) is 2.49. The highest BCUT2D eigenvalue weighted by Gasteiger charge is 2.55. The first-order chi connectivity index (χ1) is 11.0. The number of alkyl halides is 6. The Morgan fingerprint density at radius 3 is 1.84 bits per heavy atom. The van der Waals surface area contributed by atoms with E-state index in [4.69, 9.17) is 0 Å². The summed E-state index contributed by atoms with van der Waals surface area (Å²) in [5.74, 6) is -1.58. The third-order valence-electron chi connectivity index (χ3n) is 3.50. The van der Waals surface area contributed by atoms with Crippen molar-refractivity contribution in [2.45, 2.75) is 55.7 Å². The number of hydrogen-bond donors (Lipinski definition) is 1. The molecule has 0 unspecified atom stereocenters. The molecule has 0 saturated heterocycles. The van der Waals surface area contributed by atoms with Gasteiger partial charge in [-0.2, -0.15) is 34.8 Å². The Bertz CT molecular complexity index is 715. The van der Waals surface area contributed by atoms with Crippen LogP contribution in [-0.2, 0) is 24.8 Å². The minimum Gasteiger partial charge on any atom is -0.274 e. The van der Waals surface area contributed by atoms with Crippen molar-refractivity contribution < 1.29 is 48.0 Å². The predicted molar refractivity (Wildman–Crippen MR) is 71.6 cm³/mol. The van der Waals surface area contributed by atoms with E-state index in [1.54, 1.807) is 0 Å². The largest absolute Gasteiger partial charge is 0.516 e. The van der Waals surface area contributed by atoms with Crippen LogP contribution in [0.15, 0.2) is 0 Å². The minimum absolute atomic E-state index is 0.103. The van der Waals surface area contributed by atoms with Gasteiger partial charge >= 0.3 is 31.1 Å². The average molecular weight is 420 g/mol. The van der Waals surface area contributed by atoms with Gasteiger partial charge in [0.15, 0.2) is 0 Å². The van der Waals surface area contributed by atoms with Crippen LogP contribution in [0.5, 0.6) is 0 Å². The van der Waals surface area contributed by atoms with Gasteiger partial charge in [0.1, 0.15) is 0 Å². The lowest BCUT2D eigenvalue weighted by Crippen LogP contribution is -2.59. The van der Waals surface area contributed by atoms with E-state index in [0.717, 1.165) is 0 Å². The van der Waals surface area contributed by atoms with E-state index in [-0.39, 0.29) is 19.3 Å². The number of carbonyl (C=O) groups excluding carboxylic acids is 1. The summed E-state index contributed by atoms with van der Waals surface area (Å²) in [5.41, 5.74) is -11.6. The molecule has 1 amide bonds. The molecule has 25 heavy (non-hydrogen) atoms. The highest BCUT2D eigenvalue weighted by Crippen LogP contribution is 2.34. The van der Waals surface area contributed by atoms with E-state index < -0.39 is 59.8 Å². The third kappa shape index (κ3) is 4.55. The highest BCUT2D eigenvalue weighted by molar-refractivity contribution is 7.90. The van der Waals surface area contributed by atoms with Crippen LogP contribution in [0, 0.1) is 0 Å². The lowest BCUT2D eigenvalue weighted by Gasteiger charge is -2.38. The average Bonchev–Trinajstić information content (AvgIpc) is 2.37. The fourth-order valence-corrected chi connectivity index (χ4v) is 4.47. The topological polar surface area (TPSA) is 101 Å². The van der Waals surface area contributed by atoms with E-state index in [0.29, 0.717) is 6.92 Å². The standard InChI is InChI=1S/C10H14F6N2O5S2/c1-6(19)18(25(22,23)10(14,15)16)8-5-3-2-4-7(8)17-24(20,21)9(11,12)13/h7-8,17H,2-5H2,1H3/t7-,8-/m0/s1. The Balaban J connectivity index is 3.31. The van der Waals surface area contributed by atoms with Gasteiger partial charge in [-0.05, 0) is 12.8 Å². The summed E-state index contributed by atoms with van der Waals surface area (Å²) in [6.45, 7) is 0.493. The zero-order valence-electron chi connectivity index (χ0n) is 12.6. The Labute approximate surface area is 139 Å².